The van der Waals surface area contributed by atoms with Gasteiger partial charge in [0.2, 0.25) is 0 Å². The Hall–Kier alpha value is -1.46. The zero-order valence-electron chi connectivity index (χ0n) is 11.9. The molecular formula is C13H22O6. The number of hydrogen-bond donors (Lipinski definition) is 0. The quantitative estimate of drug-likeness (QED) is 0.721. The van der Waals surface area contributed by atoms with Gasteiger partial charge in [0.25, 0.3) is 0 Å². The molecule has 0 aromatic carbocycles. The van der Waals surface area contributed by atoms with E-state index in [1.54, 1.807) is 20.8 Å². The molecule has 1 aliphatic rings. The Morgan fingerprint density at radius 3 is 1.84 bits per heavy atom. The summed E-state index contributed by atoms with van der Waals surface area (Å²) < 4.78 is 19.9. The van der Waals surface area contributed by atoms with Gasteiger partial charge in [-0.2, -0.15) is 0 Å². The molecular weight excluding hydrogens is 252 g/mol. The summed E-state index contributed by atoms with van der Waals surface area (Å²) >= 11 is 0. The van der Waals surface area contributed by atoms with Crippen molar-refractivity contribution in [1.82, 2.24) is 0 Å². The van der Waals surface area contributed by atoms with Crippen LogP contribution in [0.2, 0.25) is 0 Å². The molecule has 0 radical (unpaired) electrons. The lowest BCUT2D eigenvalue weighted by Gasteiger charge is -2.30. The predicted molar refractivity (Wildman–Crippen MR) is 66.9 cm³/mol. The van der Waals surface area contributed by atoms with E-state index in [9.17, 15) is 9.59 Å². The fourth-order valence-corrected chi connectivity index (χ4v) is 1.90. The van der Waals surface area contributed by atoms with Gasteiger partial charge in [0, 0.05) is 0 Å². The van der Waals surface area contributed by atoms with Gasteiger partial charge in [-0.05, 0) is 46.5 Å². The third-order valence-corrected chi connectivity index (χ3v) is 2.69. The molecule has 1 rings (SSSR count). The molecule has 2 unspecified atom stereocenters. The second kappa shape index (κ2) is 6.63. The summed E-state index contributed by atoms with van der Waals surface area (Å²) in [6.45, 7) is 5.28. The van der Waals surface area contributed by atoms with Gasteiger partial charge < -0.3 is 18.9 Å². The van der Waals surface area contributed by atoms with Crippen LogP contribution in [-0.4, -0.2) is 37.2 Å². The number of hydrogen-bond acceptors (Lipinski definition) is 6. The largest absolute Gasteiger partial charge is 0.509 e. The van der Waals surface area contributed by atoms with E-state index in [1.807, 2.05) is 0 Å². The molecule has 2 atom stereocenters. The zero-order chi connectivity index (χ0) is 14.5. The summed E-state index contributed by atoms with van der Waals surface area (Å²) in [5.41, 5.74) is -0.607. The summed E-state index contributed by atoms with van der Waals surface area (Å²) in [6, 6.07) is 0. The summed E-state index contributed by atoms with van der Waals surface area (Å²) in [7, 11) is 1.24. The van der Waals surface area contributed by atoms with E-state index < -0.39 is 30.1 Å². The van der Waals surface area contributed by atoms with Crippen molar-refractivity contribution in [1.29, 1.82) is 0 Å². The van der Waals surface area contributed by atoms with Crippen LogP contribution in [0.15, 0.2) is 0 Å². The first-order valence-corrected chi connectivity index (χ1v) is 6.46. The third-order valence-electron chi connectivity index (χ3n) is 2.69. The van der Waals surface area contributed by atoms with Gasteiger partial charge in [0.15, 0.2) is 0 Å². The van der Waals surface area contributed by atoms with E-state index in [0.29, 0.717) is 12.8 Å². The molecule has 19 heavy (non-hydrogen) atoms. The molecule has 6 nitrogen and oxygen atoms in total. The maximum Gasteiger partial charge on any atom is 0.509 e. The standard InChI is InChI=1S/C13H22O6/c1-13(2,3)19-12(15)18-10-8-6-5-7-9(10)17-11(14)16-4/h9-10H,5-8H2,1-4H3. The Morgan fingerprint density at radius 1 is 0.947 bits per heavy atom. The van der Waals surface area contributed by atoms with Crippen molar-refractivity contribution in [3.05, 3.63) is 0 Å². The van der Waals surface area contributed by atoms with Crippen molar-refractivity contribution < 1.29 is 28.5 Å². The number of rotatable bonds is 2. The van der Waals surface area contributed by atoms with E-state index in [0.717, 1.165) is 12.8 Å². The first-order valence-electron chi connectivity index (χ1n) is 6.46. The van der Waals surface area contributed by atoms with Gasteiger partial charge in [0.1, 0.15) is 17.8 Å². The van der Waals surface area contributed by atoms with Crippen LogP contribution in [0.5, 0.6) is 0 Å². The highest BCUT2D eigenvalue weighted by Gasteiger charge is 2.33. The minimum atomic E-state index is -0.760. The molecule has 1 saturated carbocycles. The summed E-state index contributed by atoms with van der Waals surface area (Å²) in [4.78, 5) is 22.7. The number of methoxy groups -OCH3 is 1. The molecule has 0 heterocycles. The van der Waals surface area contributed by atoms with Crippen molar-refractivity contribution in [2.24, 2.45) is 0 Å². The molecule has 6 heteroatoms. The minimum absolute atomic E-state index is 0.464. The van der Waals surface area contributed by atoms with Gasteiger partial charge in [-0.3, -0.25) is 0 Å². The van der Waals surface area contributed by atoms with Crippen molar-refractivity contribution in [3.8, 4) is 0 Å². The molecule has 0 aromatic rings. The molecule has 0 aliphatic heterocycles. The van der Waals surface area contributed by atoms with Crippen LogP contribution in [0.4, 0.5) is 9.59 Å². The average molecular weight is 274 g/mol. The fourth-order valence-electron chi connectivity index (χ4n) is 1.90. The van der Waals surface area contributed by atoms with Crippen molar-refractivity contribution in [3.63, 3.8) is 0 Å². The molecule has 0 bridgehead atoms. The molecule has 1 fully saturated rings. The number of carbonyl (C=O) groups excluding carboxylic acids is 2. The second-order valence-corrected chi connectivity index (χ2v) is 5.52. The Morgan fingerprint density at radius 2 is 1.42 bits per heavy atom. The number of carbonyl (C=O) groups is 2. The Kier molecular flexibility index (Phi) is 5.44. The lowest BCUT2D eigenvalue weighted by Crippen LogP contribution is -2.39. The Labute approximate surface area is 113 Å². The van der Waals surface area contributed by atoms with Crippen LogP contribution in [0.3, 0.4) is 0 Å². The predicted octanol–water partition coefficient (Wildman–Crippen LogP) is 3.03. The van der Waals surface area contributed by atoms with Gasteiger partial charge >= 0.3 is 12.3 Å². The maximum atomic E-state index is 11.6. The molecule has 110 valence electrons. The van der Waals surface area contributed by atoms with E-state index in [-0.39, 0.29) is 0 Å². The smallest absolute Gasteiger partial charge is 0.438 e. The summed E-state index contributed by atoms with van der Waals surface area (Å²) in [6.07, 6.45) is 0.729. The fraction of sp³-hybridized carbons (Fsp3) is 0.846. The van der Waals surface area contributed by atoms with E-state index >= 15 is 0 Å². The lowest BCUT2D eigenvalue weighted by atomic mass is 9.95. The van der Waals surface area contributed by atoms with Crippen LogP contribution >= 0.6 is 0 Å². The Bertz CT molecular complexity index is 320. The Balaban J connectivity index is 2.52. The minimum Gasteiger partial charge on any atom is -0.438 e. The summed E-state index contributed by atoms with van der Waals surface area (Å²) in [5.74, 6) is 0. The SMILES string of the molecule is COC(=O)OC1CCCCC1OC(=O)OC(C)(C)C. The lowest BCUT2D eigenvalue weighted by molar-refractivity contribution is -0.0832. The maximum absolute atomic E-state index is 11.6. The van der Waals surface area contributed by atoms with Crippen LogP contribution in [0.25, 0.3) is 0 Å². The molecule has 0 spiro atoms. The topological polar surface area (TPSA) is 71.1 Å². The first-order chi connectivity index (χ1) is 8.81. The molecule has 0 amide bonds. The van der Waals surface area contributed by atoms with E-state index in [2.05, 4.69) is 4.74 Å². The zero-order valence-corrected chi connectivity index (χ0v) is 11.9. The average Bonchev–Trinajstić information content (AvgIpc) is 2.29. The van der Waals surface area contributed by atoms with E-state index in [4.69, 9.17) is 14.2 Å². The highest BCUT2D eigenvalue weighted by atomic mass is 16.8. The van der Waals surface area contributed by atoms with Crippen LogP contribution < -0.4 is 0 Å². The molecule has 0 saturated heterocycles. The van der Waals surface area contributed by atoms with Crippen LogP contribution in [-0.2, 0) is 18.9 Å². The number of ether oxygens (including phenoxy) is 4. The van der Waals surface area contributed by atoms with E-state index in [1.165, 1.54) is 7.11 Å². The summed E-state index contributed by atoms with van der Waals surface area (Å²) in [5, 5.41) is 0. The highest BCUT2D eigenvalue weighted by Crippen LogP contribution is 2.25. The monoisotopic (exact) mass is 274 g/mol. The molecule has 0 N–H and O–H groups in total. The van der Waals surface area contributed by atoms with Crippen molar-refractivity contribution in [2.45, 2.75) is 64.3 Å². The third kappa shape index (κ3) is 5.81. The van der Waals surface area contributed by atoms with Crippen molar-refractivity contribution >= 4 is 12.3 Å². The van der Waals surface area contributed by atoms with Crippen LogP contribution in [0.1, 0.15) is 46.5 Å². The van der Waals surface area contributed by atoms with Gasteiger partial charge in [0.05, 0.1) is 7.11 Å². The molecule has 1 aliphatic carbocycles. The van der Waals surface area contributed by atoms with Crippen LogP contribution in [0, 0.1) is 0 Å². The van der Waals surface area contributed by atoms with Gasteiger partial charge in [-0.1, -0.05) is 0 Å². The molecule has 0 aromatic heterocycles. The van der Waals surface area contributed by atoms with Gasteiger partial charge in [-0.15, -0.1) is 0 Å². The normalized spacial score (nSPS) is 23.4. The van der Waals surface area contributed by atoms with Crippen molar-refractivity contribution in [2.75, 3.05) is 7.11 Å². The first kappa shape index (κ1) is 15.6. The van der Waals surface area contributed by atoms with Gasteiger partial charge in [-0.25, -0.2) is 9.59 Å². The highest BCUT2D eigenvalue weighted by molar-refractivity contribution is 5.61. The second-order valence-electron chi connectivity index (χ2n) is 5.52.